The molecule has 2 atom stereocenters. The third-order valence-corrected chi connectivity index (χ3v) is 4.81. The lowest BCUT2D eigenvalue weighted by molar-refractivity contribution is 0.143. The van der Waals surface area contributed by atoms with Gasteiger partial charge >= 0.3 is 0 Å². The molecule has 1 aliphatic rings. The maximum Gasteiger partial charge on any atom is 0.0802 e. The van der Waals surface area contributed by atoms with Gasteiger partial charge in [0.1, 0.15) is 0 Å². The first kappa shape index (κ1) is 14.9. The summed E-state index contributed by atoms with van der Waals surface area (Å²) >= 11 is 2.05. The number of aryl methyl sites for hydroxylation is 2. The van der Waals surface area contributed by atoms with E-state index in [2.05, 4.69) is 55.6 Å². The molecule has 0 radical (unpaired) electrons. The Kier molecular flexibility index (Phi) is 5.31. The van der Waals surface area contributed by atoms with Crippen molar-refractivity contribution >= 4 is 11.8 Å². The molecule has 0 aliphatic carbocycles. The molecule has 1 saturated heterocycles. The van der Waals surface area contributed by atoms with Gasteiger partial charge < -0.3 is 10.0 Å². The Labute approximate surface area is 121 Å². The van der Waals surface area contributed by atoms with Gasteiger partial charge in [0.05, 0.1) is 6.10 Å². The van der Waals surface area contributed by atoms with E-state index in [1.165, 1.54) is 16.9 Å². The SMILES string of the molecule is Cc1cc(C)cc(C(O)CCN2CCSC(C)C2)c1. The molecule has 0 spiro atoms. The van der Waals surface area contributed by atoms with Gasteiger partial charge in [0.15, 0.2) is 0 Å². The molecule has 19 heavy (non-hydrogen) atoms. The first-order valence-corrected chi connectivity index (χ1v) is 8.19. The van der Waals surface area contributed by atoms with E-state index in [1.807, 2.05) is 0 Å². The molecule has 1 N–H and O–H groups in total. The van der Waals surface area contributed by atoms with Crippen molar-refractivity contribution in [2.45, 2.75) is 38.5 Å². The van der Waals surface area contributed by atoms with Gasteiger partial charge in [-0.25, -0.2) is 0 Å². The monoisotopic (exact) mass is 279 g/mol. The van der Waals surface area contributed by atoms with Crippen molar-refractivity contribution in [3.05, 3.63) is 34.9 Å². The number of hydrogen-bond donors (Lipinski definition) is 1. The van der Waals surface area contributed by atoms with Crippen molar-refractivity contribution in [1.82, 2.24) is 4.90 Å². The second kappa shape index (κ2) is 6.78. The first-order valence-electron chi connectivity index (χ1n) is 7.15. The molecule has 1 heterocycles. The van der Waals surface area contributed by atoms with Gasteiger partial charge in [0.2, 0.25) is 0 Å². The van der Waals surface area contributed by atoms with Crippen LogP contribution in [0.25, 0.3) is 0 Å². The fourth-order valence-corrected chi connectivity index (χ4v) is 3.85. The average Bonchev–Trinajstić information content (AvgIpc) is 2.35. The Bertz CT molecular complexity index is 401. The van der Waals surface area contributed by atoms with Crippen LogP contribution in [0, 0.1) is 13.8 Å². The molecule has 2 nitrogen and oxygen atoms in total. The molecule has 1 aliphatic heterocycles. The Balaban J connectivity index is 1.88. The van der Waals surface area contributed by atoms with E-state index in [-0.39, 0.29) is 6.10 Å². The van der Waals surface area contributed by atoms with Gasteiger partial charge in [0.25, 0.3) is 0 Å². The quantitative estimate of drug-likeness (QED) is 0.916. The summed E-state index contributed by atoms with van der Waals surface area (Å²) in [6, 6.07) is 6.36. The molecule has 106 valence electrons. The fourth-order valence-electron chi connectivity index (χ4n) is 2.77. The van der Waals surface area contributed by atoms with Gasteiger partial charge in [-0.15, -0.1) is 0 Å². The topological polar surface area (TPSA) is 23.5 Å². The predicted molar refractivity (Wildman–Crippen MR) is 83.9 cm³/mol. The highest BCUT2D eigenvalue weighted by Gasteiger charge is 2.18. The molecule has 0 saturated carbocycles. The van der Waals surface area contributed by atoms with Crippen LogP contribution < -0.4 is 0 Å². The van der Waals surface area contributed by atoms with Crippen molar-refractivity contribution < 1.29 is 5.11 Å². The lowest BCUT2D eigenvalue weighted by Crippen LogP contribution is -2.37. The highest BCUT2D eigenvalue weighted by molar-refractivity contribution is 7.99. The lowest BCUT2D eigenvalue weighted by atomic mass is 10.0. The smallest absolute Gasteiger partial charge is 0.0802 e. The first-order chi connectivity index (χ1) is 9.04. The summed E-state index contributed by atoms with van der Waals surface area (Å²) in [5.41, 5.74) is 3.53. The maximum atomic E-state index is 10.3. The normalized spacial score (nSPS) is 22.4. The van der Waals surface area contributed by atoms with Crippen molar-refractivity contribution in [1.29, 1.82) is 0 Å². The van der Waals surface area contributed by atoms with Crippen LogP contribution in [0.3, 0.4) is 0 Å². The Morgan fingerprint density at radius 3 is 2.63 bits per heavy atom. The zero-order valence-electron chi connectivity index (χ0n) is 12.2. The van der Waals surface area contributed by atoms with Crippen molar-refractivity contribution in [3.63, 3.8) is 0 Å². The van der Waals surface area contributed by atoms with Gasteiger partial charge in [0, 0.05) is 30.6 Å². The molecule has 0 bridgehead atoms. The van der Waals surface area contributed by atoms with Crippen LogP contribution >= 0.6 is 11.8 Å². The van der Waals surface area contributed by atoms with Crippen LogP contribution in [0.15, 0.2) is 18.2 Å². The van der Waals surface area contributed by atoms with E-state index in [1.54, 1.807) is 0 Å². The van der Waals surface area contributed by atoms with Crippen LogP contribution in [-0.2, 0) is 0 Å². The molecule has 1 aromatic rings. The number of thioether (sulfide) groups is 1. The lowest BCUT2D eigenvalue weighted by Gasteiger charge is -2.31. The average molecular weight is 279 g/mol. The second-order valence-corrected chi connectivity index (χ2v) is 7.25. The minimum atomic E-state index is -0.330. The van der Waals surface area contributed by atoms with Gasteiger partial charge in [-0.2, -0.15) is 11.8 Å². The minimum Gasteiger partial charge on any atom is -0.388 e. The molecule has 0 amide bonds. The van der Waals surface area contributed by atoms with Crippen molar-refractivity contribution in [2.75, 3.05) is 25.4 Å². The van der Waals surface area contributed by atoms with Crippen LogP contribution in [-0.4, -0.2) is 40.6 Å². The van der Waals surface area contributed by atoms with Gasteiger partial charge in [-0.1, -0.05) is 36.2 Å². The molecule has 3 heteroatoms. The van der Waals surface area contributed by atoms with E-state index >= 15 is 0 Å². The molecular weight excluding hydrogens is 254 g/mol. The van der Waals surface area contributed by atoms with Crippen LogP contribution in [0.2, 0.25) is 0 Å². The molecule has 2 rings (SSSR count). The van der Waals surface area contributed by atoms with Crippen molar-refractivity contribution in [2.24, 2.45) is 0 Å². The van der Waals surface area contributed by atoms with E-state index in [9.17, 15) is 5.11 Å². The summed E-state index contributed by atoms with van der Waals surface area (Å²) in [5.74, 6) is 1.22. The third kappa shape index (κ3) is 4.51. The molecular formula is C16H25NOS. The molecule has 1 fully saturated rings. The van der Waals surface area contributed by atoms with E-state index < -0.39 is 0 Å². The predicted octanol–water partition coefficient (Wildman–Crippen LogP) is 3.16. The summed E-state index contributed by atoms with van der Waals surface area (Å²) in [5, 5.41) is 11.1. The van der Waals surface area contributed by atoms with Crippen molar-refractivity contribution in [3.8, 4) is 0 Å². The largest absolute Gasteiger partial charge is 0.388 e. The highest BCUT2D eigenvalue weighted by atomic mass is 32.2. The zero-order chi connectivity index (χ0) is 13.8. The number of nitrogens with zero attached hydrogens (tertiary/aromatic N) is 1. The Morgan fingerprint density at radius 2 is 2.00 bits per heavy atom. The highest BCUT2D eigenvalue weighted by Crippen LogP contribution is 2.22. The fraction of sp³-hybridized carbons (Fsp3) is 0.625. The Morgan fingerprint density at radius 1 is 1.32 bits per heavy atom. The summed E-state index contributed by atoms with van der Waals surface area (Å²) < 4.78 is 0. The summed E-state index contributed by atoms with van der Waals surface area (Å²) in [6.07, 6.45) is 0.504. The Hall–Kier alpha value is -0.510. The standard InChI is InChI=1S/C16H25NOS/c1-12-8-13(2)10-15(9-12)16(18)4-5-17-6-7-19-14(3)11-17/h8-10,14,16,18H,4-7,11H2,1-3H3. The summed E-state index contributed by atoms with van der Waals surface area (Å²) in [6.45, 7) is 9.79. The van der Waals surface area contributed by atoms with E-state index in [0.29, 0.717) is 0 Å². The number of aliphatic hydroxyl groups is 1. The minimum absolute atomic E-state index is 0.330. The molecule has 2 unspecified atom stereocenters. The van der Waals surface area contributed by atoms with Gasteiger partial charge in [-0.3, -0.25) is 0 Å². The number of aliphatic hydroxyl groups excluding tert-OH is 1. The summed E-state index contributed by atoms with van der Waals surface area (Å²) in [4.78, 5) is 2.48. The van der Waals surface area contributed by atoms with E-state index in [4.69, 9.17) is 0 Å². The van der Waals surface area contributed by atoms with Gasteiger partial charge in [-0.05, 0) is 25.8 Å². The van der Waals surface area contributed by atoms with Crippen LogP contribution in [0.5, 0.6) is 0 Å². The number of hydrogen-bond acceptors (Lipinski definition) is 3. The number of benzene rings is 1. The third-order valence-electron chi connectivity index (χ3n) is 3.67. The second-order valence-electron chi connectivity index (χ2n) is 5.71. The summed E-state index contributed by atoms with van der Waals surface area (Å²) in [7, 11) is 0. The zero-order valence-corrected chi connectivity index (χ0v) is 13.0. The van der Waals surface area contributed by atoms with Crippen LogP contribution in [0.1, 0.15) is 36.1 Å². The molecule has 1 aromatic carbocycles. The number of rotatable bonds is 4. The maximum absolute atomic E-state index is 10.3. The molecule has 0 aromatic heterocycles. The van der Waals surface area contributed by atoms with E-state index in [0.717, 1.165) is 36.9 Å². The van der Waals surface area contributed by atoms with Crippen LogP contribution in [0.4, 0.5) is 0 Å².